The van der Waals surface area contributed by atoms with Gasteiger partial charge in [0.2, 0.25) is 5.82 Å². The van der Waals surface area contributed by atoms with Gasteiger partial charge in [0.25, 0.3) is 0 Å². The molecule has 7 nitrogen and oxygen atoms in total. The zero-order valence-electron chi connectivity index (χ0n) is 19.9. The molecule has 2 aliphatic rings. The van der Waals surface area contributed by atoms with Crippen molar-refractivity contribution in [2.75, 3.05) is 36.8 Å². The molecule has 5 rings (SSSR count). The highest BCUT2D eigenvalue weighted by molar-refractivity contribution is 7.99. The number of oxazole rings is 1. The minimum absolute atomic E-state index is 0. The van der Waals surface area contributed by atoms with Crippen LogP contribution in [0, 0.1) is 12.8 Å². The minimum Gasteiger partial charge on any atom is -0.440 e. The van der Waals surface area contributed by atoms with Gasteiger partial charge < -0.3 is 18.8 Å². The summed E-state index contributed by atoms with van der Waals surface area (Å²) in [5.74, 6) is 2.81. The number of aryl methyl sites for hydroxylation is 1. The number of likely N-dealkylation sites (tertiary alicyclic amines) is 1. The van der Waals surface area contributed by atoms with Gasteiger partial charge in [0, 0.05) is 44.2 Å². The van der Waals surface area contributed by atoms with E-state index >= 15 is 0 Å². The summed E-state index contributed by atoms with van der Waals surface area (Å²) in [6, 6.07) is 5.97. The van der Waals surface area contributed by atoms with Crippen LogP contribution < -0.4 is 4.90 Å². The van der Waals surface area contributed by atoms with E-state index in [0.29, 0.717) is 23.5 Å². The lowest BCUT2D eigenvalue weighted by molar-refractivity contribution is -0.137. The van der Waals surface area contributed by atoms with Gasteiger partial charge >= 0.3 is 6.18 Å². The Morgan fingerprint density at radius 2 is 1.86 bits per heavy atom. The van der Waals surface area contributed by atoms with E-state index in [-0.39, 0.29) is 24.8 Å². The molecule has 2 aromatic heterocycles. The SMILES string of the molecule is Cc1ncoc1-c1nnc(SCCCN2CC3CCN(c4ccc(C(F)(F)F)cc4)C3C2)n1C.Cl.Cl. The van der Waals surface area contributed by atoms with Crippen molar-refractivity contribution in [2.45, 2.75) is 37.1 Å². The Morgan fingerprint density at radius 1 is 1.11 bits per heavy atom. The van der Waals surface area contributed by atoms with Crippen molar-refractivity contribution in [1.82, 2.24) is 24.6 Å². The van der Waals surface area contributed by atoms with Crippen LogP contribution in [0.2, 0.25) is 0 Å². The lowest BCUT2D eigenvalue weighted by atomic mass is 10.0. The largest absolute Gasteiger partial charge is 0.440 e. The summed E-state index contributed by atoms with van der Waals surface area (Å²) in [4.78, 5) is 8.88. The monoisotopic (exact) mass is 564 g/mol. The summed E-state index contributed by atoms with van der Waals surface area (Å²) in [6.07, 6.45) is -0.778. The second-order valence-corrected chi connectivity index (χ2v) is 10.0. The Labute approximate surface area is 224 Å². The highest BCUT2D eigenvalue weighted by Gasteiger charge is 2.41. The zero-order valence-corrected chi connectivity index (χ0v) is 22.4. The normalized spacial score (nSPS) is 19.8. The lowest BCUT2D eigenvalue weighted by Crippen LogP contribution is -2.35. The van der Waals surface area contributed by atoms with Gasteiger partial charge in [-0.05, 0) is 56.5 Å². The molecule has 1 aromatic carbocycles. The second-order valence-electron chi connectivity index (χ2n) is 8.95. The number of hydrogen-bond donors (Lipinski definition) is 0. The number of hydrogen-bond acceptors (Lipinski definition) is 7. The van der Waals surface area contributed by atoms with Crippen LogP contribution in [-0.2, 0) is 13.2 Å². The third-order valence-corrected chi connectivity index (χ3v) is 7.89. The molecule has 2 aliphatic heterocycles. The number of aromatic nitrogens is 4. The van der Waals surface area contributed by atoms with E-state index < -0.39 is 11.7 Å². The summed E-state index contributed by atoms with van der Waals surface area (Å²) in [7, 11) is 1.93. The van der Waals surface area contributed by atoms with Crippen molar-refractivity contribution in [3.05, 3.63) is 41.9 Å². The van der Waals surface area contributed by atoms with E-state index in [1.54, 1.807) is 23.9 Å². The molecule has 0 radical (unpaired) electrons. The van der Waals surface area contributed by atoms with Crippen LogP contribution in [0.5, 0.6) is 0 Å². The number of nitrogens with zero attached hydrogens (tertiary/aromatic N) is 6. The minimum atomic E-state index is -4.30. The molecule has 3 aromatic rings. The van der Waals surface area contributed by atoms with Crippen molar-refractivity contribution >= 4 is 42.3 Å². The summed E-state index contributed by atoms with van der Waals surface area (Å²) in [5, 5.41) is 9.39. The van der Waals surface area contributed by atoms with Crippen LogP contribution >= 0.6 is 36.6 Å². The first kappa shape index (κ1) is 28.6. The smallest absolute Gasteiger partial charge is 0.416 e. The second kappa shape index (κ2) is 11.6. The van der Waals surface area contributed by atoms with Gasteiger partial charge in [-0.3, -0.25) is 0 Å². The number of anilines is 1. The molecule has 4 heterocycles. The molecule has 2 fully saturated rings. The molecule has 2 saturated heterocycles. The summed E-state index contributed by atoms with van der Waals surface area (Å²) in [5.41, 5.74) is 1.08. The first-order valence-corrected chi connectivity index (χ1v) is 12.4. The van der Waals surface area contributed by atoms with E-state index in [1.165, 1.54) is 18.5 Å². The fourth-order valence-corrected chi connectivity index (χ4v) is 5.84. The summed E-state index contributed by atoms with van der Waals surface area (Å²) < 4.78 is 46.0. The van der Waals surface area contributed by atoms with E-state index in [4.69, 9.17) is 4.42 Å². The maximum atomic E-state index is 12.9. The summed E-state index contributed by atoms with van der Waals surface area (Å²) in [6.45, 7) is 5.78. The van der Waals surface area contributed by atoms with E-state index in [9.17, 15) is 13.2 Å². The summed E-state index contributed by atoms with van der Waals surface area (Å²) >= 11 is 1.67. The standard InChI is InChI=1S/C23H27F3N6OS.2ClH/c1-15-20(33-14-27-15)21-28-29-22(30(21)2)34-11-3-9-31-12-16-8-10-32(19(16)13-31)18-6-4-17(5-7-18)23(24,25)26;;/h4-7,14,16,19H,3,8-13H2,1-2H3;2*1H. The quantitative estimate of drug-likeness (QED) is 0.283. The average molecular weight is 565 g/mol. The number of benzene rings is 1. The third kappa shape index (κ3) is 5.79. The highest BCUT2D eigenvalue weighted by atomic mass is 35.5. The lowest BCUT2D eigenvalue weighted by Gasteiger charge is -2.27. The Bertz CT molecular complexity index is 1140. The fourth-order valence-electron chi connectivity index (χ4n) is 5.00. The van der Waals surface area contributed by atoms with E-state index in [0.717, 1.165) is 61.3 Å². The van der Waals surface area contributed by atoms with E-state index in [1.807, 2.05) is 18.5 Å². The van der Waals surface area contributed by atoms with Crippen LogP contribution in [0.3, 0.4) is 0 Å². The molecule has 13 heteroatoms. The molecule has 36 heavy (non-hydrogen) atoms. The van der Waals surface area contributed by atoms with Gasteiger partial charge in [-0.1, -0.05) is 11.8 Å². The third-order valence-electron chi connectivity index (χ3n) is 6.78. The maximum absolute atomic E-state index is 12.9. The van der Waals surface area contributed by atoms with Gasteiger partial charge in [0.15, 0.2) is 17.3 Å². The molecule has 2 atom stereocenters. The molecule has 198 valence electrons. The van der Waals surface area contributed by atoms with Gasteiger partial charge in [0.1, 0.15) is 0 Å². The molecule has 0 spiro atoms. The van der Waals surface area contributed by atoms with Gasteiger partial charge in [0.05, 0.1) is 11.3 Å². The molecular weight excluding hydrogens is 536 g/mol. The van der Waals surface area contributed by atoms with Gasteiger partial charge in [-0.2, -0.15) is 13.2 Å². The van der Waals surface area contributed by atoms with Crippen molar-refractivity contribution < 1.29 is 17.6 Å². The number of thioether (sulfide) groups is 1. The number of halogens is 5. The Balaban J connectivity index is 0.00000180. The predicted octanol–water partition coefficient (Wildman–Crippen LogP) is 5.33. The Kier molecular flexibility index (Phi) is 9.24. The van der Waals surface area contributed by atoms with Gasteiger partial charge in [-0.25, -0.2) is 4.98 Å². The molecule has 0 bridgehead atoms. The number of fused-ring (bicyclic) bond motifs is 1. The highest BCUT2D eigenvalue weighted by Crippen LogP contribution is 2.37. The fraction of sp³-hybridized carbons (Fsp3) is 0.522. The van der Waals surface area contributed by atoms with Crippen LogP contribution in [-0.4, -0.2) is 62.6 Å². The molecule has 0 N–H and O–H groups in total. The molecular formula is C23H29Cl2F3N6OS. The van der Waals surface area contributed by atoms with Gasteiger partial charge in [-0.15, -0.1) is 35.0 Å². The van der Waals surface area contributed by atoms with Crippen molar-refractivity contribution in [3.63, 3.8) is 0 Å². The average Bonchev–Trinajstić information content (AvgIpc) is 3.56. The van der Waals surface area contributed by atoms with Crippen molar-refractivity contribution in [3.8, 4) is 11.6 Å². The van der Waals surface area contributed by atoms with E-state index in [2.05, 4.69) is 25.0 Å². The number of rotatable bonds is 7. The molecule has 0 amide bonds. The van der Waals surface area contributed by atoms with Crippen LogP contribution in [0.4, 0.5) is 18.9 Å². The Morgan fingerprint density at radius 3 is 2.53 bits per heavy atom. The Hall–Kier alpha value is -1.95. The number of alkyl halides is 3. The van der Waals surface area contributed by atoms with Crippen LogP contribution in [0.15, 0.2) is 40.2 Å². The van der Waals surface area contributed by atoms with Crippen LogP contribution in [0.1, 0.15) is 24.1 Å². The first-order chi connectivity index (χ1) is 16.3. The predicted molar refractivity (Wildman–Crippen MR) is 138 cm³/mol. The molecule has 2 unspecified atom stereocenters. The first-order valence-electron chi connectivity index (χ1n) is 11.4. The molecule has 0 aliphatic carbocycles. The van der Waals surface area contributed by atoms with Crippen molar-refractivity contribution in [1.29, 1.82) is 0 Å². The maximum Gasteiger partial charge on any atom is 0.416 e. The zero-order chi connectivity index (χ0) is 23.9. The van der Waals surface area contributed by atoms with Crippen molar-refractivity contribution in [2.24, 2.45) is 13.0 Å². The molecule has 0 saturated carbocycles. The van der Waals surface area contributed by atoms with Crippen LogP contribution in [0.25, 0.3) is 11.6 Å². The topological polar surface area (TPSA) is 63.2 Å².